The van der Waals surface area contributed by atoms with Crippen LogP contribution in [0.2, 0.25) is 0 Å². The van der Waals surface area contributed by atoms with E-state index in [1.807, 2.05) is 18.2 Å². The van der Waals surface area contributed by atoms with Crippen molar-refractivity contribution in [2.24, 2.45) is 0 Å². The van der Waals surface area contributed by atoms with Gasteiger partial charge in [-0.3, -0.25) is 4.79 Å². The molecule has 0 saturated carbocycles. The SMILES string of the molecule is COCc1cccc(C(=O)Nc2cc3c(cc2Br)OCCO3)c1. The van der Waals surface area contributed by atoms with Crippen LogP contribution >= 0.6 is 15.9 Å². The Morgan fingerprint density at radius 3 is 2.70 bits per heavy atom. The van der Waals surface area contributed by atoms with Gasteiger partial charge in [0.25, 0.3) is 5.91 Å². The van der Waals surface area contributed by atoms with E-state index in [1.165, 1.54) is 0 Å². The minimum absolute atomic E-state index is 0.194. The summed E-state index contributed by atoms with van der Waals surface area (Å²) in [6.45, 7) is 1.49. The molecule has 1 aliphatic rings. The molecule has 0 aliphatic carbocycles. The Balaban J connectivity index is 1.81. The van der Waals surface area contributed by atoms with Crippen LogP contribution < -0.4 is 14.8 Å². The first-order valence-corrected chi connectivity index (χ1v) is 7.95. The molecule has 2 aromatic carbocycles. The molecule has 0 aromatic heterocycles. The minimum atomic E-state index is -0.194. The Hall–Kier alpha value is -2.05. The van der Waals surface area contributed by atoms with E-state index in [0.717, 1.165) is 10.0 Å². The van der Waals surface area contributed by atoms with E-state index in [1.54, 1.807) is 25.3 Å². The zero-order valence-electron chi connectivity index (χ0n) is 12.6. The van der Waals surface area contributed by atoms with Crippen LogP contribution in [0.25, 0.3) is 0 Å². The van der Waals surface area contributed by atoms with Gasteiger partial charge in [-0.2, -0.15) is 0 Å². The van der Waals surface area contributed by atoms with Gasteiger partial charge in [0.1, 0.15) is 13.2 Å². The molecule has 3 rings (SSSR count). The zero-order valence-corrected chi connectivity index (χ0v) is 14.2. The highest BCUT2D eigenvalue weighted by Crippen LogP contribution is 2.38. The van der Waals surface area contributed by atoms with Crippen molar-refractivity contribution in [3.8, 4) is 11.5 Å². The smallest absolute Gasteiger partial charge is 0.255 e. The van der Waals surface area contributed by atoms with Crippen molar-refractivity contribution in [1.82, 2.24) is 0 Å². The predicted octanol–water partition coefficient (Wildman–Crippen LogP) is 3.62. The Morgan fingerprint density at radius 2 is 1.96 bits per heavy atom. The highest BCUT2D eigenvalue weighted by Gasteiger charge is 2.16. The van der Waals surface area contributed by atoms with E-state index >= 15 is 0 Å². The predicted molar refractivity (Wildman–Crippen MR) is 90.2 cm³/mol. The number of anilines is 1. The van der Waals surface area contributed by atoms with Crippen molar-refractivity contribution in [2.45, 2.75) is 6.61 Å². The zero-order chi connectivity index (χ0) is 16.2. The third-order valence-corrected chi connectivity index (χ3v) is 4.04. The van der Waals surface area contributed by atoms with Gasteiger partial charge in [-0.1, -0.05) is 12.1 Å². The van der Waals surface area contributed by atoms with E-state index in [0.29, 0.717) is 42.6 Å². The van der Waals surface area contributed by atoms with Gasteiger partial charge in [0.2, 0.25) is 0 Å². The lowest BCUT2D eigenvalue weighted by atomic mass is 10.1. The lowest BCUT2D eigenvalue weighted by Gasteiger charge is -2.20. The van der Waals surface area contributed by atoms with Crippen molar-refractivity contribution < 1.29 is 19.0 Å². The fraction of sp³-hybridized carbons (Fsp3) is 0.235. The van der Waals surface area contributed by atoms with Gasteiger partial charge in [-0.05, 0) is 33.6 Å². The number of hydrogen-bond donors (Lipinski definition) is 1. The van der Waals surface area contributed by atoms with E-state index in [9.17, 15) is 4.79 Å². The van der Waals surface area contributed by atoms with Crippen LogP contribution in [0.1, 0.15) is 15.9 Å². The van der Waals surface area contributed by atoms with Crippen LogP contribution in [0.5, 0.6) is 11.5 Å². The average molecular weight is 378 g/mol. The second kappa shape index (κ2) is 7.02. The van der Waals surface area contributed by atoms with Crippen molar-refractivity contribution in [1.29, 1.82) is 0 Å². The van der Waals surface area contributed by atoms with Crippen LogP contribution in [0, 0.1) is 0 Å². The van der Waals surface area contributed by atoms with E-state index < -0.39 is 0 Å². The fourth-order valence-electron chi connectivity index (χ4n) is 2.32. The molecule has 23 heavy (non-hydrogen) atoms. The Morgan fingerprint density at radius 1 is 1.22 bits per heavy atom. The van der Waals surface area contributed by atoms with Crippen LogP contribution in [-0.4, -0.2) is 26.2 Å². The monoisotopic (exact) mass is 377 g/mol. The van der Waals surface area contributed by atoms with Gasteiger partial charge in [0, 0.05) is 29.3 Å². The number of carbonyl (C=O) groups excluding carboxylic acids is 1. The molecule has 1 aliphatic heterocycles. The number of ether oxygens (including phenoxy) is 3. The summed E-state index contributed by atoms with van der Waals surface area (Å²) in [6, 6.07) is 10.9. The number of amides is 1. The number of benzene rings is 2. The Labute approximate surface area is 142 Å². The second-order valence-corrected chi connectivity index (χ2v) is 5.92. The van der Waals surface area contributed by atoms with E-state index in [-0.39, 0.29) is 5.91 Å². The van der Waals surface area contributed by atoms with Crippen molar-refractivity contribution in [3.63, 3.8) is 0 Å². The van der Waals surface area contributed by atoms with Gasteiger partial charge < -0.3 is 19.5 Å². The number of hydrogen-bond acceptors (Lipinski definition) is 4. The van der Waals surface area contributed by atoms with Gasteiger partial charge >= 0.3 is 0 Å². The number of nitrogens with one attached hydrogen (secondary N) is 1. The summed E-state index contributed by atoms with van der Waals surface area (Å²) < 4.78 is 16.9. The molecular weight excluding hydrogens is 362 g/mol. The topological polar surface area (TPSA) is 56.8 Å². The highest BCUT2D eigenvalue weighted by molar-refractivity contribution is 9.10. The maximum atomic E-state index is 12.4. The van der Waals surface area contributed by atoms with Gasteiger partial charge in [0.05, 0.1) is 12.3 Å². The summed E-state index contributed by atoms with van der Waals surface area (Å²) in [4.78, 5) is 12.4. The van der Waals surface area contributed by atoms with Crippen LogP contribution in [0.3, 0.4) is 0 Å². The maximum Gasteiger partial charge on any atom is 0.255 e. The first-order chi connectivity index (χ1) is 11.2. The number of halogens is 1. The van der Waals surface area contributed by atoms with Gasteiger partial charge in [-0.15, -0.1) is 0 Å². The molecule has 0 radical (unpaired) electrons. The molecule has 0 fully saturated rings. The van der Waals surface area contributed by atoms with Gasteiger partial charge in [0.15, 0.2) is 11.5 Å². The first-order valence-electron chi connectivity index (χ1n) is 7.16. The molecular formula is C17H16BrNO4. The van der Waals surface area contributed by atoms with Crippen LogP contribution in [0.4, 0.5) is 5.69 Å². The highest BCUT2D eigenvalue weighted by atomic mass is 79.9. The molecule has 0 atom stereocenters. The third kappa shape index (κ3) is 3.65. The number of carbonyl (C=O) groups is 1. The molecule has 0 saturated heterocycles. The summed E-state index contributed by atoms with van der Waals surface area (Å²) in [5.74, 6) is 1.10. The average Bonchev–Trinajstić information content (AvgIpc) is 2.56. The Kier molecular flexibility index (Phi) is 4.83. The second-order valence-electron chi connectivity index (χ2n) is 5.06. The van der Waals surface area contributed by atoms with Gasteiger partial charge in [-0.25, -0.2) is 0 Å². The van der Waals surface area contributed by atoms with Crippen molar-refractivity contribution in [2.75, 3.05) is 25.6 Å². The summed E-state index contributed by atoms with van der Waals surface area (Å²) in [6.07, 6.45) is 0. The molecule has 120 valence electrons. The number of methoxy groups -OCH3 is 1. The first kappa shape index (κ1) is 15.8. The van der Waals surface area contributed by atoms with Crippen LogP contribution in [0.15, 0.2) is 40.9 Å². The Bertz CT molecular complexity index is 733. The molecule has 5 nitrogen and oxygen atoms in total. The summed E-state index contributed by atoms with van der Waals surface area (Å²) in [5, 5.41) is 2.88. The van der Waals surface area contributed by atoms with Crippen LogP contribution in [-0.2, 0) is 11.3 Å². The fourth-order valence-corrected chi connectivity index (χ4v) is 2.74. The summed E-state index contributed by atoms with van der Waals surface area (Å²) in [7, 11) is 1.62. The number of rotatable bonds is 4. The van der Waals surface area contributed by atoms with Crippen molar-refractivity contribution >= 4 is 27.5 Å². The summed E-state index contributed by atoms with van der Waals surface area (Å²) >= 11 is 3.45. The third-order valence-electron chi connectivity index (χ3n) is 3.38. The normalized spacial score (nSPS) is 12.8. The molecule has 1 N–H and O–H groups in total. The molecule has 6 heteroatoms. The minimum Gasteiger partial charge on any atom is -0.486 e. The maximum absolute atomic E-state index is 12.4. The molecule has 0 unspecified atom stereocenters. The number of fused-ring (bicyclic) bond motifs is 1. The molecule has 2 aromatic rings. The summed E-state index contributed by atoms with van der Waals surface area (Å²) in [5.41, 5.74) is 2.15. The quantitative estimate of drug-likeness (QED) is 0.883. The van der Waals surface area contributed by atoms with Crippen molar-refractivity contribution in [3.05, 3.63) is 52.0 Å². The van der Waals surface area contributed by atoms with E-state index in [2.05, 4.69) is 21.2 Å². The molecule has 0 bridgehead atoms. The molecule has 0 spiro atoms. The lowest BCUT2D eigenvalue weighted by molar-refractivity contribution is 0.102. The lowest BCUT2D eigenvalue weighted by Crippen LogP contribution is -2.17. The standard InChI is InChI=1S/C17H16BrNO4/c1-21-10-11-3-2-4-12(7-11)17(20)19-14-9-16-15(8-13(14)18)22-5-6-23-16/h2-4,7-9H,5-6,10H2,1H3,(H,19,20). The molecule has 1 heterocycles. The molecule has 1 amide bonds. The largest absolute Gasteiger partial charge is 0.486 e. The van der Waals surface area contributed by atoms with E-state index in [4.69, 9.17) is 14.2 Å².